The first-order valence-corrected chi connectivity index (χ1v) is 5.16. The van der Waals surface area contributed by atoms with Crippen molar-refractivity contribution in [3.63, 3.8) is 0 Å². The minimum atomic E-state index is -1.49. The van der Waals surface area contributed by atoms with E-state index in [2.05, 4.69) is 0 Å². The van der Waals surface area contributed by atoms with Crippen LogP contribution in [0, 0.1) is 10.1 Å². The Balaban J connectivity index is 2.75. The molecule has 1 rings (SSSR count). The number of ether oxygens (including phenoxy) is 1. The van der Waals surface area contributed by atoms with Crippen molar-refractivity contribution in [3.8, 4) is 0 Å². The number of nitrogens with two attached hydrogens (primary N) is 1. The lowest BCUT2D eigenvalue weighted by atomic mass is 9.91. The Kier molecular flexibility index (Phi) is 4.22. The molecule has 7 nitrogen and oxygen atoms in total. The van der Waals surface area contributed by atoms with Gasteiger partial charge in [-0.1, -0.05) is 0 Å². The lowest BCUT2D eigenvalue weighted by Crippen LogP contribution is -2.38. The molecule has 0 aromatic heterocycles. The molecule has 0 aromatic carbocycles. The van der Waals surface area contributed by atoms with Crippen LogP contribution in [0.5, 0.6) is 0 Å². The molecule has 1 aliphatic carbocycles. The Morgan fingerprint density at radius 2 is 2.29 bits per heavy atom. The standard InChI is InChI=1S/C10H16N2O5/c1-10(17-5-4-9(13)14)6-7(11)2-3-8(10)12(15)16/h2-3,9,13-14H,4-6,11H2,1H3. The second kappa shape index (κ2) is 5.26. The molecule has 0 spiro atoms. The maximum absolute atomic E-state index is 10.9. The van der Waals surface area contributed by atoms with Crippen LogP contribution in [0.15, 0.2) is 23.5 Å². The van der Waals surface area contributed by atoms with E-state index in [1.807, 2.05) is 0 Å². The largest absolute Gasteiger partial charge is 0.402 e. The number of nitro groups is 1. The molecule has 0 aliphatic heterocycles. The Hall–Kier alpha value is -1.44. The first-order valence-electron chi connectivity index (χ1n) is 5.16. The fourth-order valence-corrected chi connectivity index (χ4v) is 1.67. The van der Waals surface area contributed by atoms with Gasteiger partial charge in [0.1, 0.15) is 0 Å². The number of allylic oxidation sites excluding steroid dienone is 2. The van der Waals surface area contributed by atoms with E-state index in [1.165, 1.54) is 12.2 Å². The number of hydrogen-bond acceptors (Lipinski definition) is 6. The van der Waals surface area contributed by atoms with Gasteiger partial charge in [0.15, 0.2) is 11.9 Å². The summed E-state index contributed by atoms with van der Waals surface area (Å²) in [6, 6.07) is 0. The van der Waals surface area contributed by atoms with Crippen molar-refractivity contribution in [1.29, 1.82) is 0 Å². The van der Waals surface area contributed by atoms with Gasteiger partial charge in [-0.25, -0.2) is 0 Å². The first-order chi connectivity index (χ1) is 7.85. The number of rotatable bonds is 5. The summed E-state index contributed by atoms with van der Waals surface area (Å²) in [5.74, 6) is 0. The van der Waals surface area contributed by atoms with E-state index in [-0.39, 0.29) is 25.1 Å². The smallest absolute Gasteiger partial charge is 0.277 e. The van der Waals surface area contributed by atoms with Crippen molar-refractivity contribution < 1.29 is 19.9 Å². The van der Waals surface area contributed by atoms with Gasteiger partial charge in [0.05, 0.1) is 11.5 Å². The van der Waals surface area contributed by atoms with E-state index in [1.54, 1.807) is 6.92 Å². The van der Waals surface area contributed by atoms with Crippen molar-refractivity contribution >= 4 is 0 Å². The maximum Gasteiger partial charge on any atom is 0.277 e. The zero-order valence-electron chi connectivity index (χ0n) is 9.50. The average molecular weight is 244 g/mol. The van der Waals surface area contributed by atoms with Crippen LogP contribution in [0.25, 0.3) is 0 Å². The summed E-state index contributed by atoms with van der Waals surface area (Å²) >= 11 is 0. The SMILES string of the molecule is CC1(OCCC(O)O)CC(N)=CC=C1[N+](=O)[O-]. The number of aliphatic hydroxyl groups is 2. The summed E-state index contributed by atoms with van der Waals surface area (Å²) in [7, 11) is 0. The van der Waals surface area contributed by atoms with Gasteiger partial charge in [0.2, 0.25) is 0 Å². The van der Waals surface area contributed by atoms with Crippen LogP contribution in [-0.2, 0) is 4.74 Å². The van der Waals surface area contributed by atoms with Crippen molar-refractivity contribution in [1.82, 2.24) is 0 Å². The van der Waals surface area contributed by atoms with Gasteiger partial charge in [-0.2, -0.15) is 0 Å². The highest BCUT2D eigenvalue weighted by atomic mass is 16.6. The zero-order chi connectivity index (χ0) is 13.1. The van der Waals surface area contributed by atoms with Gasteiger partial charge in [-0.15, -0.1) is 0 Å². The second-order valence-electron chi connectivity index (χ2n) is 4.08. The fraction of sp³-hybridized carbons (Fsp3) is 0.600. The third-order valence-corrected chi connectivity index (χ3v) is 2.53. The molecule has 0 saturated carbocycles. The highest BCUT2D eigenvalue weighted by molar-refractivity contribution is 5.27. The van der Waals surface area contributed by atoms with Crippen LogP contribution in [0.3, 0.4) is 0 Å². The molecule has 0 bridgehead atoms. The maximum atomic E-state index is 10.9. The van der Waals surface area contributed by atoms with Crippen LogP contribution in [0.2, 0.25) is 0 Å². The molecule has 0 heterocycles. The van der Waals surface area contributed by atoms with Gasteiger partial charge in [-0.05, 0) is 13.0 Å². The quantitative estimate of drug-likeness (QED) is 0.352. The number of nitrogens with zero attached hydrogens (tertiary/aromatic N) is 1. The lowest BCUT2D eigenvalue weighted by Gasteiger charge is -2.29. The predicted molar refractivity (Wildman–Crippen MR) is 59.2 cm³/mol. The second-order valence-corrected chi connectivity index (χ2v) is 4.08. The first kappa shape index (κ1) is 13.6. The molecule has 4 N–H and O–H groups in total. The fourth-order valence-electron chi connectivity index (χ4n) is 1.67. The van der Waals surface area contributed by atoms with Crippen LogP contribution < -0.4 is 5.73 Å². The molecule has 96 valence electrons. The van der Waals surface area contributed by atoms with Crippen molar-refractivity contribution in [3.05, 3.63) is 33.7 Å². The Morgan fingerprint density at radius 3 is 2.82 bits per heavy atom. The molecule has 1 atom stereocenters. The Morgan fingerprint density at radius 1 is 1.65 bits per heavy atom. The van der Waals surface area contributed by atoms with E-state index >= 15 is 0 Å². The van der Waals surface area contributed by atoms with Crippen LogP contribution >= 0.6 is 0 Å². The zero-order valence-corrected chi connectivity index (χ0v) is 9.50. The van der Waals surface area contributed by atoms with Crippen molar-refractivity contribution in [2.75, 3.05) is 6.61 Å². The molecule has 0 aromatic rings. The number of hydrogen-bond donors (Lipinski definition) is 3. The summed E-state index contributed by atoms with van der Waals surface area (Å²) in [5.41, 5.74) is 4.90. The summed E-state index contributed by atoms with van der Waals surface area (Å²) < 4.78 is 5.37. The van der Waals surface area contributed by atoms with Crippen LogP contribution in [-0.4, -0.2) is 33.6 Å². The minimum absolute atomic E-state index is 0.00657. The molecular formula is C10H16N2O5. The highest BCUT2D eigenvalue weighted by Crippen LogP contribution is 2.31. The molecule has 17 heavy (non-hydrogen) atoms. The van der Waals surface area contributed by atoms with Gasteiger partial charge < -0.3 is 20.7 Å². The van der Waals surface area contributed by atoms with Gasteiger partial charge in [0, 0.05) is 24.6 Å². The van der Waals surface area contributed by atoms with E-state index < -0.39 is 16.8 Å². The number of aliphatic hydroxyl groups excluding tert-OH is 1. The minimum Gasteiger partial charge on any atom is -0.402 e. The van der Waals surface area contributed by atoms with E-state index in [0.717, 1.165) is 0 Å². The van der Waals surface area contributed by atoms with Crippen LogP contribution in [0.4, 0.5) is 0 Å². The molecule has 0 fully saturated rings. The summed E-state index contributed by atoms with van der Waals surface area (Å²) in [6.45, 7) is 1.57. The Bertz CT molecular complexity index is 364. The molecule has 0 amide bonds. The highest BCUT2D eigenvalue weighted by Gasteiger charge is 2.41. The molecule has 1 unspecified atom stereocenters. The van der Waals surface area contributed by atoms with E-state index in [0.29, 0.717) is 5.70 Å². The average Bonchev–Trinajstić information content (AvgIpc) is 2.15. The van der Waals surface area contributed by atoms with Gasteiger partial charge >= 0.3 is 0 Å². The summed E-state index contributed by atoms with van der Waals surface area (Å²) in [4.78, 5) is 10.3. The monoisotopic (exact) mass is 244 g/mol. The third kappa shape index (κ3) is 3.52. The lowest BCUT2D eigenvalue weighted by molar-refractivity contribution is -0.445. The molecule has 1 aliphatic rings. The van der Waals surface area contributed by atoms with E-state index in [9.17, 15) is 10.1 Å². The molecule has 0 saturated heterocycles. The normalized spacial score (nSPS) is 24.5. The van der Waals surface area contributed by atoms with Gasteiger partial charge in [0.25, 0.3) is 5.70 Å². The summed E-state index contributed by atoms with van der Waals surface area (Å²) in [6.07, 6.45) is 1.50. The van der Waals surface area contributed by atoms with E-state index in [4.69, 9.17) is 20.7 Å². The summed E-state index contributed by atoms with van der Waals surface area (Å²) in [5, 5.41) is 28.2. The Labute approximate surface area is 98.3 Å². The topological polar surface area (TPSA) is 119 Å². The van der Waals surface area contributed by atoms with Crippen LogP contribution in [0.1, 0.15) is 19.8 Å². The van der Waals surface area contributed by atoms with Gasteiger partial charge in [-0.3, -0.25) is 10.1 Å². The predicted octanol–water partition coefficient (Wildman–Crippen LogP) is -0.131. The molecule has 0 radical (unpaired) electrons. The molecular weight excluding hydrogens is 228 g/mol. The third-order valence-electron chi connectivity index (χ3n) is 2.53. The van der Waals surface area contributed by atoms with Crippen molar-refractivity contribution in [2.24, 2.45) is 5.73 Å². The molecule has 7 heteroatoms. The van der Waals surface area contributed by atoms with Crippen molar-refractivity contribution in [2.45, 2.75) is 31.7 Å².